The van der Waals surface area contributed by atoms with Gasteiger partial charge < -0.3 is 0 Å². The maximum Gasteiger partial charge on any atom is 0.0775 e. The van der Waals surface area contributed by atoms with Crippen LogP contribution >= 0.6 is 11.6 Å². The maximum absolute atomic E-state index is 6.49. The lowest BCUT2D eigenvalue weighted by Crippen LogP contribution is -1.92. The van der Waals surface area contributed by atoms with E-state index in [1.54, 1.807) is 0 Å². The molecule has 0 saturated heterocycles. The van der Waals surface area contributed by atoms with Crippen molar-refractivity contribution >= 4 is 34.9 Å². The third-order valence-electron chi connectivity index (χ3n) is 3.39. The molecule has 1 heterocycles. The minimum Gasteiger partial charge on any atom is -0.264 e. The summed E-state index contributed by atoms with van der Waals surface area (Å²) in [6.45, 7) is 5.60. The van der Waals surface area contributed by atoms with Gasteiger partial charge in [0.2, 0.25) is 0 Å². The van der Waals surface area contributed by atoms with Crippen LogP contribution in [0.3, 0.4) is 0 Å². The van der Waals surface area contributed by atoms with Gasteiger partial charge in [-0.1, -0.05) is 48.0 Å². The molecule has 0 aliphatic carbocycles. The first kappa shape index (κ1) is 12.8. The molecule has 0 fully saturated rings. The van der Waals surface area contributed by atoms with Gasteiger partial charge in [-0.3, -0.25) is 4.99 Å². The zero-order chi connectivity index (χ0) is 14.1. The van der Waals surface area contributed by atoms with Crippen LogP contribution in [0.2, 0.25) is 5.02 Å². The quantitative estimate of drug-likeness (QED) is 0.593. The first-order valence-corrected chi connectivity index (χ1v) is 6.71. The number of hydrogen-bond donors (Lipinski definition) is 0. The largest absolute Gasteiger partial charge is 0.264 e. The molecule has 0 spiro atoms. The molecule has 0 aliphatic rings. The SMILES string of the molecule is C=Nc1ccccc1-c1nc2ccccc2c(Cl)c1C. The second kappa shape index (κ2) is 5.06. The lowest BCUT2D eigenvalue weighted by molar-refractivity contribution is 1.32. The molecule has 0 atom stereocenters. The van der Waals surface area contributed by atoms with Gasteiger partial charge in [0.15, 0.2) is 0 Å². The third-order valence-corrected chi connectivity index (χ3v) is 3.87. The predicted octanol–water partition coefficient (Wildman–Crippen LogP) is 5.20. The Morgan fingerprint density at radius 2 is 1.75 bits per heavy atom. The Kier molecular flexibility index (Phi) is 3.25. The van der Waals surface area contributed by atoms with E-state index in [9.17, 15) is 0 Å². The van der Waals surface area contributed by atoms with E-state index in [2.05, 4.69) is 11.7 Å². The highest BCUT2D eigenvalue weighted by atomic mass is 35.5. The van der Waals surface area contributed by atoms with Crippen molar-refractivity contribution in [1.82, 2.24) is 4.98 Å². The number of rotatable bonds is 2. The third kappa shape index (κ3) is 1.98. The minimum atomic E-state index is 0.740. The summed E-state index contributed by atoms with van der Waals surface area (Å²) in [6, 6.07) is 15.7. The standard InChI is InChI=1S/C17H13ClN2/c1-11-16(18)12-7-3-6-10-15(12)20-17(11)13-8-4-5-9-14(13)19-2/h3-10H,2H2,1H3. The molecule has 0 unspecified atom stereocenters. The van der Waals surface area contributed by atoms with E-state index in [0.29, 0.717) is 0 Å². The Morgan fingerprint density at radius 1 is 1.05 bits per heavy atom. The Morgan fingerprint density at radius 3 is 2.55 bits per heavy atom. The molecule has 3 aromatic rings. The molecule has 0 bridgehead atoms. The van der Waals surface area contributed by atoms with Crippen molar-refractivity contribution in [3.63, 3.8) is 0 Å². The van der Waals surface area contributed by atoms with Crippen LogP contribution in [-0.4, -0.2) is 11.7 Å². The van der Waals surface area contributed by atoms with E-state index < -0.39 is 0 Å². The summed E-state index contributed by atoms with van der Waals surface area (Å²) in [7, 11) is 0. The maximum atomic E-state index is 6.49. The van der Waals surface area contributed by atoms with E-state index in [4.69, 9.17) is 16.6 Å². The molecule has 0 radical (unpaired) electrons. The summed E-state index contributed by atoms with van der Waals surface area (Å²) in [5, 5.41) is 1.71. The smallest absolute Gasteiger partial charge is 0.0775 e. The molecule has 0 aliphatic heterocycles. The lowest BCUT2D eigenvalue weighted by Gasteiger charge is -2.12. The van der Waals surface area contributed by atoms with Crippen molar-refractivity contribution in [2.24, 2.45) is 4.99 Å². The molecule has 98 valence electrons. The fourth-order valence-corrected chi connectivity index (χ4v) is 2.59. The zero-order valence-electron chi connectivity index (χ0n) is 11.1. The topological polar surface area (TPSA) is 25.2 Å². The number of pyridine rings is 1. The number of aromatic nitrogens is 1. The Bertz CT molecular complexity index is 809. The second-order valence-corrected chi connectivity index (χ2v) is 4.97. The number of hydrogen-bond acceptors (Lipinski definition) is 2. The van der Waals surface area contributed by atoms with Crippen LogP contribution in [0.25, 0.3) is 22.2 Å². The zero-order valence-corrected chi connectivity index (χ0v) is 11.9. The summed E-state index contributed by atoms with van der Waals surface area (Å²) in [5.41, 5.74) is 4.47. The van der Waals surface area contributed by atoms with E-state index in [0.717, 1.165) is 38.4 Å². The highest BCUT2D eigenvalue weighted by Gasteiger charge is 2.13. The van der Waals surface area contributed by atoms with Crippen molar-refractivity contribution in [3.8, 4) is 11.3 Å². The van der Waals surface area contributed by atoms with E-state index in [1.165, 1.54) is 0 Å². The van der Waals surface area contributed by atoms with Crippen molar-refractivity contribution in [2.45, 2.75) is 6.92 Å². The van der Waals surface area contributed by atoms with E-state index in [-0.39, 0.29) is 0 Å². The van der Waals surface area contributed by atoms with Crippen LogP contribution in [0.15, 0.2) is 53.5 Å². The van der Waals surface area contributed by atoms with Crippen molar-refractivity contribution in [3.05, 3.63) is 59.1 Å². The number of para-hydroxylation sites is 2. The van der Waals surface area contributed by atoms with Crippen molar-refractivity contribution in [1.29, 1.82) is 0 Å². The summed E-state index contributed by atoms with van der Waals surface area (Å²) in [4.78, 5) is 8.81. The van der Waals surface area contributed by atoms with Gasteiger partial charge in [0, 0.05) is 10.9 Å². The van der Waals surface area contributed by atoms with Gasteiger partial charge in [-0.05, 0) is 31.3 Å². The molecule has 3 rings (SSSR count). The molecule has 2 nitrogen and oxygen atoms in total. The summed E-state index contributed by atoms with van der Waals surface area (Å²) >= 11 is 6.49. The Hall–Kier alpha value is -2.19. The molecule has 20 heavy (non-hydrogen) atoms. The van der Waals surface area contributed by atoms with E-state index in [1.807, 2.05) is 55.5 Å². The van der Waals surface area contributed by atoms with Crippen molar-refractivity contribution in [2.75, 3.05) is 0 Å². The fourth-order valence-electron chi connectivity index (χ4n) is 2.34. The van der Waals surface area contributed by atoms with Crippen LogP contribution in [0.4, 0.5) is 5.69 Å². The normalized spacial score (nSPS) is 10.7. The highest BCUT2D eigenvalue weighted by Crippen LogP contribution is 2.36. The van der Waals surface area contributed by atoms with Gasteiger partial charge in [-0.25, -0.2) is 4.98 Å². The van der Waals surface area contributed by atoms with Gasteiger partial charge in [0.05, 0.1) is 21.9 Å². The molecule has 0 saturated carbocycles. The first-order chi connectivity index (χ1) is 9.72. The van der Waals surface area contributed by atoms with Crippen LogP contribution in [0.5, 0.6) is 0 Å². The number of halogens is 1. The average molecular weight is 281 g/mol. The number of fused-ring (bicyclic) bond motifs is 1. The number of benzene rings is 2. The van der Waals surface area contributed by atoms with Crippen molar-refractivity contribution < 1.29 is 0 Å². The molecular formula is C17H13ClN2. The fraction of sp³-hybridized carbons (Fsp3) is 0.0588. The molecule has 3 heteroatoms. The first-order valence-electron chi connectivity index (χ1n) is 6.33. The van der Waals surface area contributed by atoms with Gasteiger partial charge in [0.1, 0.15) is 0 Å². The number of aliphatic imine (C=N–C) groups is 1. The monoisotopic (exact) mass is 280 g/mol. The minimum absolute atomic E-state index is 0.740. The molecule has 0 amide bonds. The van der Waals surface area contributed by atoms with Gasteiger partial charge in [-0.2, -0.15) is 0 Å². The molecular weight excluding hydrogens is 268 g/mol. The molecule has 2 aromatic carbocycles. The average Bonchev–Trinajstić information content (AvgIpc) is 2.51. The second-order valence-electron chi connectivity index (χ2n) is 4.59. The lowest BCUT2D eigenvalue weighted by atomic mass is 10.0. The summed E-state index contributed by atoms with van der Waals surface area (Å²) in [6.07, 6.45) is 0. The van der Waals surface area contributed by atoms with Crippen LogP contribution in [-0.2, 0) is 0 Å². The molecule has 0 N–H and O–H groups in total. The summed E-state index contributed by atoms with van der Waals surface area (Å²) < 4.78 is 0. The van der Waals surface area contributed by atoms with Crippen LogP contribution < -0.4 is 0 Å². The Balaban J connectivity index is 2.37. The van der Waals surface area contributed by atoms with Crippen LogP contribution in [0, 0.1) is 6.92 Å². The summed E-state index contributed by atoms with van der Waals surface area (Å²) in [5.74, 6) is 0. The Labute approximate surface area is 122 Å². The van der Waals surface area contributed by atoms with Gasteiger partial charge in [0.25, 0.3) is 0 Å². The van der Waals surface area contributed by atoms with Gasteiger partial charge >= 0.3 is 0 Å². The molecule has 1 aromatic heterocycles. The number of nitrogens with zero attached hydrogens (tertiary/aromatic N) is 2. The predicted molar refractivity (Wildman–Crippen MR) is 86.1 cm³/mol. The van der Waals surface area contributed by atoms with E-state index >= 15 is 0 Å². The van der Waals surface area contributed by atoms with Crippen LogP contribution in [0.1, 0.15) is 5.56 Å². The van der Waals surface area contributed by atoms with Gasteiger partial charge in [-0.15, -0.1) is 0 Å². The highest BCUT2D eigenvalue weighted by molar-refractivity contribution is 6.36.